The summed E-state index contributed by atoms with van der Waals surface area (Å²) in [6.45, 7) is 0. The second kappa shape index (κ2) is 2.67. The van der Waals surface area contributed by atoms with E-state index in [0.717, 1.165) is 3.92 Å². The van der Waals surface area contributed by atoms with Crippen molar-refractivity contribution in [1.82, 2.24) is 0 Å². The van der Waals surface area contributed by atoms with Gasteiger partial charge in [0.1, 0.15) is 0 Å². The maximum atomic E-state index is 10.2. The molecule has 0 aliphatic rings. The monoisotopic (exact) mass is 333 g/mol. The van der Waals surface area contributed by atoms with Crippen LogP contribution in [0.3, 0.4) is 0 Å². The average molecular weight is 332 g/mol. The van der Waals surface area contributed by atoms with Crippen molar-refractivity contribution < 1.29 is 32.6 Å². The summed E-state index contributed by atoms with van der Waals surface area (Å²) in [5.74, 6) is 0. The zero-order chi connectivity index (χ0) is 13.4. The van der Waals surface area contributed by atoms with Crippen LogP contribution in [0.1, 0.15) is 0 Å². The van der Waals surface area contributed by atoms with Gasteiger partial charge in [-0.2, -0.15) is 0 Å². The van der Waals surface area contributed by atoms with Crippen molar-refractivity contribution in [3.05, 3.63) is 45.4 Å². The number of hydrogen-bond donors (Lipinski definition) is 1. The zero-order valence-corrected chi connectivity index (χ0v) is 8.45. The van der Waals surface area contributed by atoms with E-state index >= 15 is 0 Å². The minimum absolute atomic E-state index is 0.766. The Kier molecular flexibility index (Phi) is 2.30. The van der Waals surface area contributed by atoms with E-state index in [2.05, 4.69) is 0 Å². The van der Waals surface area contributed by atoms with Crippen LogP contribution in [0.4, 0.5) is 0 Å². The molecule has 16 heavy (non-hydrogen) atoms. The molecule has 0 aromatic rings. The summed E-state index contributed by atoms with van der Waals surface area (Å²) in [4.78, 5) is 51.0. The fourth-order valence-electron chi connectivity index (χ4n) is 0.377. The molecule has 0 saturated carbocycles. The first kappa shape index (κ1) is 13.8. The van der Waals surface area contributed by atoms with Gasteiger partial charge < -0.3 is 0 Å². The van der Waals surface area contributed by atoms with Gasteiger partial charge in [-0.3, -0.25) is 0 Å². The molecule has 94 valence electrons. The summed E-state index contributed by atoms with van der Waals surface area (Å²) < 4.78 is -1.63. The first-order valence-electron chi connectivity index (χ1n) is 2.59. The fraction of sp³-hybridized carbons (Fsp3) is 0. The van der Waals surface area contributed by atoms with Crippen molar-refractivity contribution >= 4 is 0 Å². The Balaban J connectivity index is 7.12. The van der Waals surface area contributed by atoms with Crippen molar-refractivity contribution in [3.8, 4) is 0 Å². The van der Waals surface area contributed by atoms with Gasteiger partial charge >= 0.3 is 81.9 Å². The van der Waals surface area contributed by atoms with Crippen LogP contribution in [0.25, 0.3) is 0 Å². The summed E-state index contributed by atoms with van der Waals surface area (Å²) in [5.41, 5.74) is 0. The molecule has 0 atom stereocenters. The van der Waals surface area contributed by atoms with E-state index in [9.17, 15) is 45.4 Å². The van der Waals surface area contributed by atoms with Gasteiger partial charge in [-0.1, -0.05) is 0 Å². The number of nitroso groups, excluding NO2 is 1. The maximum absolute atomic E-state index is 10.2. The van der Waals surface area contributed by atoms with Crippen LogP contribution < -0.4 is 0 Å². The van der Waals surface area contributed by atoms with Crippen LogP contribution in [0, 0.1) is 45.4 Å². The van der Waals surface area contributed by atoms with E-state index < -0.39 is 28.6 Å². The molecule has 0 aliphatic carbocycles. The molecule has 0 bridgehead atoms. The Bertz CT molecular complexity index is 375. The SMILES string of the molecule is O=[N][Ru]([OH])([N+](=O)[O-])([N+](=O)[O-])([N+](=O)[O-])[N+](=O)[O-]. The van der Waals surface area contributed by atoms with Crippen molar-refractivity contribution in [1.29, 1.82) is 0 Å². The molecule has 0 rings (SSSR count). The fourth-order valence-corrected chi connectivity index (χ4v) is 2.23. The first-order valence-corrected chi connectivity index (χ1v) is 7.26. The van der Waals surface area contributed by atoms with Crippen LogP contribution in [0.2, 0.25) is 0 Å². The van der Waals surface area contributed by atoms with E-state index in [1.54, 1.807) is 0 Å². The second-order valence-corrected chi connectivity index (χ2v) is 10.0. The van der Waals surface area contributed by atoms with Crippen LogP contribution in [0.5, 0.6) is 0 Å². The molecule has 0 heterocycles. The molecule has 0 spiro atoms. The van der Waals surface area contributed by atoms with E-state index in [4.69, 9.17) is 3.93 Å². The number of hydrogen-bond acceptors (Lipinski definition) is 11. The summed E-state index contributed by atoms with van der Waals surface area (Å²) in [7, 11) is 0. The number of nitrogens with zero attached hydrogens (tertiary/aromatic N) is 5. The van der Waals surface area contributed by atoms with E-state index in [1.165, 1.54) is 0 Å². The third kappa shape index (κ3) is 0.749. The molecule has 0 aliphatic heterocycles. The Morgan fingerprint density at radius 2 is 1.00 bits per heavy atom. The Labute approximate surface area is 82.6 Å². The molecule has 1 N–H and O–H groups in total. The zero-order valence-electron chi connectivity index (χ0n) is 6.71. The van der Waals surface area contributed by atoms with Gasteiger partial charge in [-0.25, -0.2) is 0 Å². The van der Waals surface area contributed by atoms with Crippen molar-refractivity contribution in [3.63, 3.8) is 0 Å². The third-order valence-electron chi connectivity index (χ3n) is 1.30. The molecule has 0 saturated heterocycles. The Morgan fingerprint density at radius 3 is 1.00 bits per heavy atom. The van der Waals surface area contributed by atoms with E-state index in [-0.39, 0.29) is 0 Å². The van der Waals surface area contributed by atoms with Gasteiger partial charge in [0.15, 0.2) is 0 Å². The van der Waals surface area contributed by atoms with Gasteiger partial charge in [0.2, 0.25) is 0 Å². The summed E-state index contributed by atoms with van der Waals surface area (Å²) in [5, 5.41) is 40.9. The van der Waals surface area contributed by atoms with Crippen LogP contribution in [0.15, 0.2) is 3.92 Å². The van der Waals surface area contributed by atoms with Gasteiger partial charge in [0.05, 0.1) is 0 Å². The first-order chi connectivity index (χ1) is 6.97. The molecule has 0 fully saturated rings. The summed E-state index contributed by atoms with van der Waals surface area (Å²) in [6.07, 6.45) is 0. The second-order valence-electron chi connectivity index (χ2n) is 1.94. The molecule has 0 amide bonds. The number of rotatable bonds is 5. The Hall–Kier alpha value is -2.22. The van der Waals surface area contributed by atoms with Crippen LogP contribution in [-0.4, -0.2) is 18.6 Å². The normalized spacial score (nSPS) is 15.3. The molecule has 15 nitrogen and oxygen atoms in total. The predicted octanol–water partition coefficient (Wildman–Crippen LogP) is -1.43. The molecular formula is HN5O10Ru. The Morgan fingerprint density at radius 1 is 0.812 bits per heavy atom. The molecule has 0 radical (unpaired) electrons. The van der Waals surface area contributed by atoms with Gasteiger partial charge in [0.25, 0.3) is 0 Å². The van der Waals surface area contributed by atoms with Crippen molar-refractivity contribution in [2.24, 2.45) is 3.92 Å². The van der Waals surface area contributed by atoms with Crippen LogP contribution >= 0.6 is 0 Å². The molecule has 0 aromatic heterocycles. The molecular weight excluding hydrogens is 331 g/mol. The number of nitro groups is 4. The third-order valence-corrected chi connectivity index (χ3v) is 7.69. The molecule has 0 aromatic carbocycles. The van der Waals surface area contributed by atoms with Gasteiger partial charge in [-0.15, -0.1) is 0 Å². The van der Waals surface area contributed by atoms with Gasteiger partial charge in [0, 0.05) is 0 Å². The van der Waals surface area contributed by atoms with Crippen LogP contribution in [-0.2, 0) is 14.0 Å². The summed E-state index contributed by atoms with van der Waals surface area (Å²) >= 11 is -9.92. The quantitative estimate of drug-likeness (QED) is 0.267. The topological polar surface area (TPSA) is 222 Å². The average Bonchev–Trinajstić information content (AvgIpc) is 2.15. The van der Waals surface area contributed by atoms with E-state index in [1.807, 2.05) is 0 Å². The molecule has 16 heteroatoms. The molecule has 0 unspecified atom stereocenters. The standard InChI is InChI=1S/4NO2.NO.H2O.Ru/c4*2-1-3;1-2;;/h;;;;;1H2;/q;;;;-1;;+2/p-1. The van der Waals surface area contributed by atoms with Crippen molar-refractivity contribution in [2.45, 2.75) is 0 Å². The van der Waals surface area contributed by atoms with Crippen molar-refractivity contribution in [2.75, 3.05) is 0 Å². The minimum atomic E-state index is -9.92. The summed E-state index contributed by atoms with van der Waals surface area (Å²) in [6, 6.07) is 0. The predicted molar refractivity (Wildman–Crippen MR) is 36.0 cm³/mol. The van der Waals surface area contributed by atoms with Gasteiger partial charge in [-0.05, 0) is 0 Å². The van der Waals surface area contributed by atoms with E-state index in [0.29, 0.717) is 0 Å².